The molecule has 114 valence electrons. The highest BCUT2D eigenvalue weighted by Crippen LogP contribution is 2.27. The van der Waals surface area contributed by atoms with Crippen LogP contribution < -0.4 is 5.73 Å². The summed E-state index contributed by atoms with van der Waals surface area (Å²) >= 11 is 5.03. The SMILES string of the molecule is CSCCC(C)N(C)S(=O)(=O)c1cc(CN)ccc1Br. The summed E-state index contributed by atoms with van der Waals surface area (Å²) in [7, 11) is -1.88. The fraction of sp³-hybridized carbons (Fsp3) is 0.538. The Morgan fingerprint density at radius 1 is 1.45 bits per heavy atom. The zero-order chi connectivity index (χ0) is 15.3. The molecule has 20 heavy (non-hydrogen) atoms. The molecule has 1 unspecified atom stereocenters. The van der Waals surface area contributed by atoms with Crippen LogP contribution in [0.4, 0.5) is 0 Å². The molecule has 0 aliphatic rings. The minimum absolute atomic E-state index is 0.0408. The van der Waals surface area contributed by atoms with Gasteiger partial charge in [0.2, 0.25) is 10.0 Å². The quantitative estimate of drug-likeness (QED) is 0.789. The molecule has 0 saturated heterocycles. The van der Waals surface area contributed by atoms with Gasteiger partial charge in [0.15, 0.2) is 0 Å². The van der Waals surface area contributed by atoms with Gasteiger partial charge in [0.1, 0.15) is 0 Å². The Labute approximate surface area is 134 Å². The van der Waals surface area contributed by atoms with Gasteiger partial charge in [-0.1, -0.05) is 6.07 Å². The van der Waals surface area contributed by atoms with Gasteiger partial charge in [-0.25, -0.2) is 8.42 Å². The first-order chi connectivity index (χ1) is 9.34. The Hall–Kier alpha value is -0.0800. The second-order valence-corrected chi connectivity index (χ2v) is 8.43. The lowest BCUT2D eigenvalue weighted by Crippen LogP contribution is -2.35. The second-order valence-electron chi connectivity index (χ2n) is 4.62. The van der Waals surface area contributed by atoms with Gasteiger partial charge in [-0.3, -0.25) is 0 Å². The molecule has 0 heterocycles. The molecular weight excluding hydrogens is 360 g/mol. The van der Waals surface area contributed by atoms with Crippen LogP contribution in [0.1, 0.15) is 18.9 Å². The molecule has 7 heteroatoms. The number of nitrogens with zero attached hydrogens (tertiary/aromatic N) is 1. The number of hydrogen-bond acceptors (Lipinski definition) is 4. The summed E-state index contributed by atoms with van der Waals surface area (Å²) < 4.78 is 27.4. The molecule has 0 radical (unpaired) electrons. The first-order valence-electron chi connectivity index (χ1n) is 6.30. The Kier molecular flexibility index (Phi) is 7.00. The van der Waals surface area contributed by atoms with Crippen molar-refractivity contribution in [3.05, 3.63) is 28.2 Å². The van der Waals surface area contributed by atoms with Gasteiger partial charge < -0.3 is 5.73 Å². The standard InChI is InChI=1S/C13H21BrN2O2S2/c1-10(6-7-19-3)16(2)20(17,18)13-8-11(9-15)4-5-12(13)14/h4-5,8,10H,6-7,9,15H2,1-3H3. The maximum atomic E-state index is 12.7. The average Bonchev–Trinajstić information content (AvgIpc) is 2.44. The van der Waals surface area contributed by atoms with E-state index in [-0.39, 0.29) is 10.9 Å². The summed E-state index contributed by atoms with van der Waals surface area (Å²) in [4.78, 5) is 0.277. The van der Waals surface area contributed by atoms with Crippen LogP contribution in [0.15, 0.2) is 27.6 Å². The Morgan fingerprint density at radius 2 is 2.10 bits per heavy atom. The average molecular weight is 381 g/mol. The molecule has 0 aliphatic carbocycles. The van der Waals surface area contributed by atoms with E-state index in [9.17, 15) is 8.42 Å². The first kappa shape index (κ1) is 18.0. The molecule has 2 N–H and O–H groups in total. The van der Waals surface area contributed by atoms with E-state index in [1.807, 2.05) is 19.2 Å². The van der Waals surface area contributed by atoms with E-state index in [2.05, 4.69) is 15.9 Å². The summed E-state index contributed by atoms with van der Waals surface area (Å²) in [6.07, 6.45) is 2.84. The van der Waals surface area contributed by atoms with E-state index in [4.69, 9.17) is 5.73 Å². The van der Waals surface area contributed by atoms with Gasteiger partial charge in [0, 0.05) is 24.1 Å². The van der Waals surface area contributed by atoms with Crippen molar-refractivity contribution in [1.29, 1.82) is 0 Å². The van der Waals surface area contributed by atoms with Gasteiger partial charge >= 0.3 is 0 Å². The van der Waals surface area contributed by atoms with Crippen molar-refractivity contribution in [2.75, 3.05) is 19.1 Å². The number of nitrogens with two attached hydrogens (primary N) is 1. The molecule has 0 saturated carbocycles. The van der Waals surface area contributed by atoms with Crippen LogP contribution in [0.3, 0.4) is 0 Å². The van der Waals surface area contributed by atoms with Crippen molar-refractivity contribution in [2.45, 2.75) is 30.8 Å². The van der Waals surface area contributed by atoms with Crippen LogP contribution in [-0.2, 0) is 16.6 Å². The minimum atomic E-state index is -3.51. The zero-order valence-corrected chi connectivity index (χ0v) is 15.2. The molecule has 0 fully saturated rings. The lowest BCUT2D eigenvalue weighted by atomic mass is 10.2. The summed E-state index contributed by atoms with van der Waals surface area (Å²) in [6.45, 7) is 2.25. The molecule has 0 aromatic heterocycles. The summed E-state index contributed by atoms with van der Waals surface area (Å²) in [6, 6.07) is 5.15. The fourth-order valence-corrected chi connectivity index (χ4v) is 4.68. The van der Waals surface area contributed by atoms with Crippen molar-refractivity contribution < 1.29 is 8.42 Å². The predicted molar refractivity (Wildman–Crippen MR) is 89.4 cm³/mol. The van der Waals surface area contributed by atoms with Crippen LogP contribution in [0, 0.1) is 0 Å². The molecule has 1 aromatic carbocycles. The van der Waals surface area contributed by atoms with Crippen molar-refractivity contribution >= 4 is 37.7 Å². The van der Waals surface area contributed by atoms with Crippen LogP contribution >= 0.6 is 27.7 Å². The first-order valence-corrected chi connectivity index (χ1v) is 9.92. The third kappa shape index (κ3) is 4.21. The van der Waals surface area contributed by atoms with Gasteiger partial charge in [-0.05, 0) is 59.0 Å². The van der Waals surface area contributed by atoms with Gasteiger partial charge in [-0.15, -0.1) is 0 Å². The molecule has 1 rings (SSSR count). The van der Waals surface area contributed by atoms with E-state index in [0.29, 0.717) is 11.0 Å². The third-order valence-corrected chi connectivity index (χ3v) is 6.86. The molecular formula is C13H21BrN2O2S2. The van der Waals surface area contributed by atoms with Crippen molar-refractivity contribution in [3.8, 4) is 0 Å². The number of benzene rings is 1. The Morgan fingerprint density at radius 3 is 2.65 bits per heavy atom. The Bertz CT molecular complexity index is 549. The highest BCUT2D eigenvalue weighted by molar-refractivity contribution is 9.10. The van der Waals surface area contributed by atoms with Crippen LogP contribution in [-0.4, -0.2) is 37.8 Å². The topological polar surface area (TPSA) is 63.4 Å². The van der Waals surface area contributed by atoms with Crippen molar-refractivity contribution in [3.63, 3.8) is 0 Å². The van der Waals surface area contributed by atoms with Gasteiger partial charge in [0.05, 0.1) is 4.90 Å². The van der Waals surface area contributed by atoms with Crippen LogP contribution in [0.5, 0.6) is 0 Å². The summed E-state index contributed by atoms with van der Waals surface area (Å²) in [5, 5.41) is 0. The van der Waals surface area contributed by atoms with Gasteiger partial charge in [-0.2, -0.15) is 16.1 Å². The van der Waals surface area contributed by atoms with Crippen LogP contribution in [0.25, 0.3) is 0 Å². The van der Waals surface area contributed by atoms with E-state index in [1.165, 1.54) is 4.31 Å². The third-order valence-electron chi connectivity index (χ3n) is 3.25. The lowest BCUT2D eigenvalue weighted by Gasteiger charge is -2.25. The molecule has 0 spiro atoms. The highest BCUT2D eigenvalue weighted by atomic mass is 79.9. The number of thioether (sulfide) groups is 1. The number of sulfonamides is 1. The highest BCUT2D eigenvalue weighted by Gasteiger charge is 2.27. The maximum Gasteiger partial charge on any atom is 0.244 e. The fourth-order valence-electron chi connectivity index (χ4n) is 1.73. The number of rotatable bonds is 7. The zero-order valence-electron chi connectivity index (χ0n) is 12.0. The Balaban J connectivity index is 3.09. The minimum Gasteiger partial charge on any atom is -0.326 e. The van der Waals surface area contributed by atoms with Crippen molar-refractivity contribution in [1.82, 2.24) is 4.31 Å². The molecule has 1 aromatic rings. The number of hydrogen-bond donors (Lipinski definition) is 1. The maximum absolute atomic E-state index is 12.7. The molecule has 0 aliphatic heterocycles. The summed E-state index contributed by atoms with van der Waals surface area (Å²) in [5.74, 6) is 0.936. The monoisotopic (exact) mass is 380 g/mol. The van der Waals surface area contributed by atoms with E-state index >= 15 is 0 Å². The van der Waals surface area contributed by atoms with E-state index in [1.54, 1.807) is 30.9 Å². The molecule has 1 atom stereocenters. The van der Waals surface area contributed by atoms with E-state index < -0.39 is 10.0 Å². The second kappa shape index (κ2) is 7.79. The molecule has 4 nitrogen and oxygen atoms in total. The predicted octanol–water partition coefficient (Wildman–Crippen LogP) is 2.67. The van der Waals surface area contributed by atoms with Gasteiger partial charge in [0.25, 0.3) is 0 Å². The largest absolute Gasteiger partial charge is 0.326 e. The smallest absolute Gasteiger partial charge is 0.244 e. The lowest BCUT2D eigenvalue weighted by molar-refractivity contribution is 0.382. The van der Waals surface area contributed by atoms with E-state index in [0.717, 1.165) is 17.7 Å². The summed E-state index contributed by atoms with van der Waals surface area (Å²) in [5.41, 5.74) is 6.39. The number of halogens is 1. The molecule has 0 amide bonds. The van der Waals surface area contributed by atoms with Crippen molar-refractivity contribution in [2.24, 2.45) is 5.73 Å². The van der Waals surface area contributed by atoms with Crippen LogP contribution in [0.2, 0.25) is 0 Å². The molecule has 0 bridgehead atoms. The normalized spacial score (nSPS) is 13.7.